The number of aromatic nitrogens is 2. The summed E-state index contributed by atoms with van der Waals surface area (Å²) < 4.78 is 47.5. The molecule has 3 atom stereocenters. The van der Waals surface area contributed by atoms with Gasteiger partial charge in [-0.2, -0.15) is 18.2 Å². The molecule has 0 saturated carbocycles. The summed E-state index contributed by atoms with van der Waals surface area (Å²) in [5, 5.41) is 8.77. The number of carbonyl (C=O) groups is 3. The number of rotatable bonds is 10. The van der Waals surface area contributed by atoms with Gasteiger partial charge in [-0.15, -0.1) is 0 Å². The molecule has 10 nitrogen and oxygen atoms in total. The summed E-state index contributed by atoms with van der Waals surface area (Å²) in [5.41, 5.74) is 1.95. The molecule has 1 fully saturated rings. The van der Waals surface area contributed by atoms with Gasteiger partial charge in [-0.05, 0) is 50.7 Å². The van der Waals surface area contributed by atoms with E-state index in [9.17, 15) is 27.6 Å². The third-order valence-corrected chi connectivity index (χ3v) is 6.65. The fourth-order valence-corrected chi connectivity index (χ4v) is 4.54. The number of nitrogens with zero attached hydrogens (tertiary/aromatic N) is 3. The molecule has 0 radical (unpaired) electrons. The van der Waals surface area contributed by atoms with Crippen molar-refractivity contribution in [2.24, 2.45) is 5.92 Å². The summed E-state index contributed by atoms with van der Waals surface area (Å²) in [6.45, 7) is 9.44. The first kappa shape index (κ1) is 32.1. The van der Waals surface area contributed by atoms with Gasteiger partial charge in [0.25, 0.3) is 0 Å². The van der Waals surface area contributed by atoms with Crippen LogP contribution in [0, 0.1) is 5.92 Å². The number of nitrogens with one attached hydrogen (secondary N) is 2. The average Bonchev–Trinajstić information content (AvgIpc) is 3.47. The van der Waals surface area contributed by atoms with Gasteiger partial charge in [0.15, 0.2) is 0 Å². The number of piperidine rings is 1. The molecule has 3 amide bonds. The molecular formula is C29H34F3N5O5. The van der Waals surface area contributed by atoms with Crippen LogP contribution in [0.1, 0.15) is 45.1 Å². The number of hydrogen-bond donors (Lipinski definition) is 2. The fourth-order valence-electron chi connectivity index (χ4n) is 4.54. The highest BCUT2D eigenvalue weighted by Crippen LogP contribution is 2.31. The Bertz CT molecular complexity index is 1320. The number of hydrogen-bond acceptors (Lipinski definition) is 7. The van der Waals surface area contributed by atoms with Crippen LogP contribution in [0.2, 0.25) is 0 Å². The van der Waals surface area contributed by atoms with Gasteiger partial charge in [0.05, 0.1) is 6.61 Å². The van der Waals surface area contributed by atoms with Gasteiger partial charge in [0, 0.05) is 18.7 Å². The highest BCUT2D eigenvalue weighted by atomic mass is 19.4. The first-order valence-corrected chi connectivity index (χ1v) is 13.4. The minimum Gasteiger partial charge on any atom is -0.450 e. The number of likely N-dealkylation sites (tertiary alicyclic amines) is 1. The molecule has 2 aromatic rings. The van der Waals surface area contributed by atoms with Crippen molar-refractivity contribution in [1.82, 2.24) is 25.7 Å². The summed E-state index contributed by atoms with van der Waals surface area (Å²) in [6.07, 6.45) is 3.06. The normalized spacial score (nSPS) is 18.4. The van der Waals surface area contributed by atoms with E-state index in [4.69, 9.17) is 4.74 Å². The maximum Gasteiger partial charge on any atom is 0.471 e. The largest absolute Gasteiger partial charge is 0.471 e. The van der Waals surface area contributed by atoms with Crippen LogP contribution in [0.3, 0.4) is 0 Å². The number of carbonyl (C=O) groups excluding carboxylic acids is 3. The van der Waals surface area contributed by atoms with Crippen LogP contribution in [-0.4, -0.2) is 58.2 Å². The quantitative estimate of drug-likeness (QED) is 0.381. The van der Waals surface area contributed by atoms with Gasteiger partial charge in [0.1, 0.15) is 12.1 Å². The van der Waals surface area contributed by atoms with Crippen molar-refractivity contribution in [3.63, 3.8) is 0 Å². The number of alkyl halides is 3. The van der Waals surface area contributed by atoms with E-state index in [1.807, 2.05) is 25.2 Å². The highest BCUT2D eigenvalue weighted by molar-refractivity contribution is 5.91. The van der Waals surface area contributed by atoms with Gasteiger partial charge < -0.3 is 19.9 Å². The Kier molecular flexibility index (Phi) is 11.1. The van der Waals surface area contributed by atoms with Crippen molar-refractivity contribution in [2.75, 3.05) is 13.2 Å². The standard InChI is InChI=1S/C29H34F3N5O5/c1-5-8-20(9-6-2)22-14-15-37(28(40)41-7-3)23(16-22)26(39)34-18(4)25(38)33-17-19-10-12-21(13-11-19)24-35-27(42-36-24)29(30,31)32/h5-6,8-13,18,22-23H,1,7,14-17H2,2-4H3,(H,33,38)(H,34,39)/b9-6-,20-8+/t18-,22-,23+/m0/s1. The van der Waals surface area contributed by atoms with Crippen LogP contribution < -0.4 is 10.6 Å². The van der Waals surface area contributed by atoms with E-state index in [-0.39, 0.29) is 24.9 Å². The Morgan fingerprint density at radius 2 is 1.98 bits per heavy atom. The Hall–Kier alpha value is -4.42. The molecule has 1 aliphatic rings. The van der Waals surface area contributed by atoms with E-state index in [2.05, 4.69) is 31.9 Å². The predicted molar refractivity (Wildman–Crippen MR) is 148 cm³/mol. The molecule has 1 aromatic heterocycles. The predicted octanol–water partition coefficient (Wildman–Crippen LogP) is 4.80. The smallest absolute Gasteiger partial charge is 0.450 e. The lowest BCUT2D eigenvalue weighted by Gasteiger charge is -2.38. The maximum atomic E-state index is 13.3. The molecule has 1 aliphatic heterocycles. The van der Waals surface area contributed by atoms with Crippen molar-refractivity contribution in [1.29, 1.82) is 0 Å². The molecule has 0 spiro atoms. The fraction of sp³-hybridized carbons (Fsp3) is 0.414. The van der Waals surface area contributed by atoms with Crippen molar-refractivity contribution in [3.05, 3.63) is 72.2 Å². The van der Waals surface area contributed by atoms with Crippen molar-refractivity contribution >= 4 is 17.9 Å². The van der Waals surface area contributed by atoms with Crippen LogP contribution in [0.25, 0.3) is 11.4 Å². The molecule has 0 bridgehead atoms. The highest BCUT2D eigenvalue weighted by Gasteiger charge is 2.39. The first-order valence-electron chi connectivity index (χ1n) is 13.4. The number of allylic oxidation sites excluding steroid dienone is 5. The Morgan fingerprint density at radius 1 is 1.26 bits per heavy atom. The van der Waals surface area contributed by atoms with Crippen molar-refractivity contribution in [2.45, 2.75) is 58.4 Å². The van der Waals surface area contributed by atoms with Crippen LogP contribution in [-0.2, 0) is 27.0 Å². The lowest BCUT2D eigenvalue weighted by molar-refractivity contribution is -0.159. The molecule has 1 saturated heterocycles. The third-order valence-electron chi connectivity index (χ3n) is 6.65. The minimum atomic E-state index is -4.74. The Labute approximate surface area is 241 Å². The summed E-state index contributed by atoms with van der Waals surface area (Å²) in [7, 11) is 0. The molecule has 1 aromatic carbocycles. The van der Waals surface area contributed by atoms with Crippen LogP contribution in [0.15, 0.2) is 65.2 Å². The third kappa shape index (κ3) is 8.30. The van der Waals surface area contributed by atoms with Crippen molar-refractivity contribution in [3.8, 4) is 11.4 Å². The molecule has 42 heavy (non-hydrogen) atoms. The summed E-state index contributed by atoms with van der Waals surface area (Å²) in [5.74, 6) is -2.59. The molecule has 0 aliphatic carbocycles. The number of halogens is 3. The summed E-state index contributed by atoms with van der Waals surface area (Å²) in [4.78, 5) is 43.5. The lowest BCUT2D eigenvalue weighted by Crippen LogP contribution is -2.56. The van der Waals surface area contributed by atoms with E-state index in [0.29, 0.717) is 30.5 Å². The average molecular weight is 590 g/mol. The monoisotopic (exact) mass is 589 g/mol. The molecular weight excluding hydrogens is 555 g/mol. The van der Waals surface area contributed by atoms with Gasteiger partial charge in [0.2, 0.25) is 17.6 Å². The van der Waals surface area contributed by atoms with Gasteiger partial charge in [-0.1, -0.05) is 60.3 Å². The van der Waals surface area contributed by atoms with E-state index in [1.54, 1.807) is 25.1 Å². The van der Waals surface area contributed by atoms with Gasteiger partial charge >= 0.3 is 18.2 Å². The maximum absolute atomic E-state index is 13.3. The zero-order chi connectivity index (χ0) is 30.9. The molecule has 3 rings (SSSR count). The number of benzene rings is 1. The molecule has 0 unspecified atom stereocenters. The molecule has 2 heterocycles. The number of amides is 3. The van der Waals surface area contributed by atoms with Crippen molar-refractivity contribution < 1.29 is 36.8 Å². The van der Waals surface area contributed by atoms with Gasteiger partial charge in [-0.3, -0.25) is 14.5 Å². The zero-order valence-electron chi connectivity index (χ0n) is 23.6. The first-order chi connectivity index (χ1) is 20.0. The topological polar surface area (TPSA) is 127 Å². The summed E-state index contributed by atoms with van der Waals surface area (Å²) >= 11 is 0. The Morgan fingerprint density at radius 3 is 2.57 bits per heavy atom. The minimum absolute atomic E-state index is 0.000214. The molecule has 13 heteroatoms. The molecule has 2 N–H and O–H groups in total. The van der Waals surface area contributed by atoms with Gasteiger partial charge in [-0.25, -0.2) is 4.79 Å². The van der Waals surface area contributed by atoms with E-state index in [0.717, 1.165) is 5.57 Å². The van der Waals surface area contributed by atoms with Crippen LogP contribution in [0.5, 0.6) is 0 Å². The number of ether oxygens (including phenoxy) is 1. The second kappa shape index (κ2) is 14.5. The van der Waals surface area contributed by atoms with E-state index >= 15 is 0 Å². The van der Waals surface area contributed by atoms with Crippen LogP contribution >= 0.6 is 0 Å². The van der Waals surface area contributed by atoms with E-state index in [1.165, 1.54) is 24.0 Å². The lowest BCUT2D eigenvalue weighted by atomic mass is 9.84. The second-order valence-corrected chi connectivity index (χ2v) is 9.60. The SMILES string of the molecule is C=C/C=C(\C=C/C)[C@H]1CCN(C(=O)OCC)[C@@H](C(=O)N[C@@H](C)C(=O)NCc2ccc(-c3noc(C(F)(F)F)n3)cc2)C1. The van der Waals surface area contributed by atoms with Crippen LogP contribution in [0.4, 0.5) is 18.0 Å². The summed E-state index contributed by atoms with van der Waals surface area (Å²) in [6, 6.07) is 4.45. The molecule has 226 valence electrons. The van der Waals surface area contributed by atoms with E-state index < -0.39 is 42.1 Å². The Balaban J connectivity index is 1.62. The zero-order valence-corrected chi connectivity index (χ0v) is 23.6. The second-order valence-electron chi connectivity index (χ2n) is 9.60.